The zero-order valence-electron chi connectivity index (χ0n) is 10.8. The van der Waals surface area contributed by atoms with Crippen molar-refractivity contribution in [3.8, 4) is 11.3 Å². The summed E-state index contributed by atoms with van der Waals surface area (Å²) in [6, 6.07) is 8.95. The Hall–Kier alpha value is -1.77. The van der Waals surface area contributed by atoms with Gasteiger partial charge in [0.2, 0.25) is 0 Å². The molecule has 1 aromatic heterocycles. The van der Waals surface area contributed by atoms with Crippen LogP contribution in [0.1, 0.15) is 25.0 Å². The third-order valence-electron chi connectivity index (χ3n) is 2.55. The highest BCUT2D eigenvalue weighted by atomic mass is 15.2. The van der Waals surface area contributed by atoms with E-state index in [1.165, 1.54) is 16.7 Å². The number of hydrogen-bond acceptors (Lipinski definition) is 2. The summed E-state index contributed by atoms with van der Waals surface area (Å²) in [5.74, 6) is 0.897. The summed E-state index contributed by atoms with van der Waals surface area (Å²) in [4.78, 5) is 0. The zero-order valence-corrected chi connectivity index (χ0v) is 10.8. The Kier molecular flexibility index (Phi) is 3.18. The van der Waals surface area contributed by atoms with Crippen LogP contribution in [0.5, 0.6) is 0 Å². The first-order valence-corrected chi connectivity index (χ1v) is 5.95. The summed E-state index contributed by atoms with van der Waals surface area (Å²) < 4.78 is 0. The molecule has 0 amide bonds. The second kappa shape index (κ2) is 4.62. The maximum atomic E-state index is 4.26. The molecule has 2 rings (SSSR count). The van der Waals surface area contributed by atoms with E-state index >= 15 is 0 Å². The van der Waals surface area contributed by atoms with Gasteiger partial charge in [-0.05, 0) is 39.8 Å². The van der Waals surface area contributed by atoms with Gasteiger partial charge in [0.15, 0.2) is 0 Å². The quantitative estimate of drug-likeness (QED) is 0.845. The molecular formula is C14H19N3. The lowest BCUT2D eigenvalue weighted by Crippen LogP contribution is -2.09. The van der Waals surface area contributed by atoms with Gasteiger partial charge in [0, 0.05) is 17.7 Å². The van der Waals surface area contributed by atoms with Crippen molar-refractivity contribution in [3.05, 3.63) is 35.4 Å². The molecule has 0 saturated heterocycles. The van der Waals surface area contributed by atoms with Crippen LogP contribution in [0.3, 0.4) is 0 Å². The van der Waals surface area contributed by atoms with Crippen molar-refractivity contribution in [2.75, 3.05) is 5.32 Å². The van der Waals surface area contributed by atoms with E-state index in [2.05, 4.69) is 61.4 Å². The third kappa shape index (κ3) is 2.87. The van der Waals surface area contributed by atoms with Gasteiger partial charge in [-0.2, -0.15) is 5.10 Å². The van der Waals surface area contributed by atoms with E-state index in [0.29, 0.717) is 6.04 Å². The van der Waals surface area contributed by atoms with Crippen molar-refractivity contribution in [1.29, 1.82) is 0 Å². The van der Waals surface area contributed by atoms with Crippen molar-refractivity contribution >= 4 is 5.82 Å². The Balaban J connectivity index is 2.30. The highest BCUT2D eigenvalue weighted by Gasteiger charge is 2.05. The molecule has 0 aliphatic heterocycles. The lowest BCUT2D eigenvalue weighted by atomic mass is 10.1. The molecule has 90 valence electrons. The fourth-order valence-corrected chi connectivity index (χ4v) is 1.97. The van der Waals surface area contributed by atoms with Gasteiger partial charge < -0.3 is 5.32 Å². The largest absolute Gasteiger partial charge is 0.366 e. The topological polar surface area (TPSA) is 40.7 Å². The number of anilines is 1. The Morgan fingerprint density at radius 3 is 2.29 bits per heavy atom. The molecular weight excluding hydrogens is 210 g/mol. The third-order valence-corrected chi connectivity index (χ3v) is 2.55. The van der Waals surface area contributed by atoms with E-state index < -0.39 is 0 Å². The van der Waals surface area contributed by atoms with Gasteiger partial charge >= 0.3 is 0 Å². The van der Waals surface area contributed by atoms with E-state index in [1.807, 2.05) is 6.07 Å². The van der Waals surface area contributed by atoms with Crippen LogP contribution in [-0.2, 0) is 0 Å². The van der Waals surface area contributed by atoms with Crippen LogP contribution in [0.2, 0.25) is 0 Å². The molecule has 0 aliphatic rings. The van der Waals surface area contributed by atoms with Crippen LogP contribution in [0.4, 0.5) is 5.82 Å². The molecule has 2 aromatic rings. The molecule has 1 aromatic carbocycles. The lowest BCUT2D eigenvalue weighted by Gasteiger charge is -2.04. The summed E-state index contributed by atoms with van der Waals surface area (Å²) in [5, 5.41) is 10.6. The average Bonchev–Trinajstić information content (AvgIpc) is 2.63. The fraction of sp³-hybridized carbons (Fsp3) is 0.357. The van der Waals surface area contributed by atoms with Crippen molar-refractivity contribution in [3.63, 3.8) is 0 Å². The maximum absolute atomic E-state index is 4.26. The number of H-pyrrole nitrogens is 1. The van der Waals surface area contributed by atoms with Gasteiger partial charge in [0.25, 0.3) is 0 Å². The first-order valence-electron chi connectivity index (χ1n) is 5.95. The Labute approximate surface area is 102 Å². The number of hydrogen-bond donors (Lipinski definition) is 2. The Morgan fingerprint density at radius 1 is 1.06 bits per heavy atom. The second-order valence-electron chi connectivity index (χ2n) is 4.84. The smallest absolute Gasteiger partial charge is 0.148 e. The van der Waals surface area contributed by atoms with Crippen LogP contribution < -0.4 is 5.32 Å². The number of aryl methyl sites for hydroxylation is 2. The first kappa shape index (κ1) is 11.7. The van der Waals surface area contributed by atoms with Gasteiger partial charge in [-0.1, -0.05) is 17.2 Å². The fourth-order valence-electron chi connectivity index (χ4n) is 1.97. The molecule has 0 atom stereocenters. The number of aromatic amines is 1. The van der Waals surface area contributed by atoms with Crippen LogP contribution in [0, 0.1) is 13.8 Å². The van der Waals surface area contributed by atoms with E-state index in [0.717, 1.165) is 11.5 Å². The normalized spacial score (nSPS) is 10.9. The molecule has 3 nitrogen and oxygen atoms in total. The molecule has 0 spiro atoms. The minimum atomic E-state index is 0.394. The van der Waals surface area contributed by atoms with Crippen LogP contribution in [0.25, 0.3) is 11.3 Å². The lowest BCUT2D eigenvalue weighted by molar-refractivity contribution is 0.884. The summed E-state index contributed by atoms with van der Waals surface area (Å²) in [7, 11) is 0. The van der Waals surface area contributed by atoms with E-state index in [9.17, 15) is 0 Å². The molecule has 0 aliphatic carbocycles. The zero-order chi connectivity index (χ0) is 12.4. The van der Waals surface area contributed by atoms with Gasteiger partial charge in [-0.25, -0.2) is 0 Å². The van der Waals surface area contributed by atoms with Crippen molar-refractivity contribution in [1.82, 2.24) is 10.2 Å². The van der Waals surface area contributed by atoms with Crippen molar-refractivity contribution in [2.45, 2.75) is 33.7 Å². The summed E-state index contributed by atoms with van der Waals surface area (Å²) in [6.07, 6.45) is 0. The number of nitrogens with one attached hydrogen (secondary N) is 2. The molecule has 0 bridgehead atoms. The van der Waals surface area contributed by atoms with Crippen molar-refractivity contribution in [2.24, 2.45) is 0 Å². The number of benzene rings is 1. The standard InChI is InChI=1S/C14H19N3/c1-9(2)15-14-8-13(16-17-14)12-6-10(3)5-11(4)7-12/h5-9H,1-4H3,(H2,15,16,17). The molecule has 2 N–H and O–H groups in total. The highest BCUT2D eigenvalue weighted by molar-refractivity contribution is 5.64. The molecule has 0 unspecified atom stereocenters. The van der Waals surface area contributed by atoms with Gasteiger partial charge in [0.1, 0.15) is 5.82 Å². The molecule has 0 fully saturated rings. The monoisotopic (exact) mass is 229 g/mol. The van der Waals surface area contributed by atoms with Gasteiger partial charge in [-0.3, -0.25) is 5.10 Å². The number of rotatable bonds is 3. The number of aromatic nitrogens is 2. The van der Waals surface area contributed by atoms with Crippen molar-refractivity contribution < 1.29 is 0 Å². The van der Waals surface area contributed by atoms with E-state index in [-0.39, 0.29) is 0 Å². The molecule has 0 radical (unpaired) electrons. The molecule has 1 heterocycles. The Bertz CT molecular complexity index is 492. The minimum Gasteiger partial charge on any atom is -0.366 e. The van der Waals surface area contributed by atoms with Crippen LogP contribution in [-0.4, -0.2) is 16.2 Å². The van der Waals surface area contributed by atoms with E-state index in [4.69, 9.17) is 0 Å². The van der Waals surface area contributed by atoms with Gasteiger partial charge in [0.05, 0.1) is 5.69 Å². The van der Waals surface area contributed by atoms with Crippen LogP contribution >= 0.6 is 0 Å². The maximum Gasteiger partial charge on any atom is 0.148 e. The molecule has 0 saturated carbocycles. The molecule has 17 heavy (non-hydrogen) atoms. The summed E-state index contributed by atoms with van der Waals surface area (Å²) >= 11 is 0. The highest BCUT2D eigenvalue weighted by Crippen LogP contribution is 2.22. The first-order chi connectivity index (χ1) is 8.04. The predicted molar refractivity (Wildman–Crippen MR) is 72.3 cm³/mol. The Morgan fingerprint density at radius 2 is 1.71 bits per heavy atom. The van der Waals surface area contributed by atoms with E-state index in [1.54, 1.807) is 0 Å². The second-order valence-corrected chi connectivity index (χ2v) is 4.84. The summed E-state index contributed by atoms with van der Waals surface area (Å²) in [5.41, 5.74) is 4.78. The van der Waals surface area contributed by atoms with Gasteiger partial charge in [-0.15, -0.1) is 0 Å². The minimum absolute atomic E-state index is 0.394. The SMILES string of the molecule is Cc1cc(C)cc(-c2cc(NC(C)C)n[nH]2)c1. The van der Waals surface area contributed by atoms with Crippen LogP contribution in [0.15, 0.2) is 24.3 Å². The number of nitrogens with zero attached hydrogens (tertiary/aromatic N) is 1. The average molecular weight is 229 g/mol. The summed E-state index contributed by atoms with van der Waals surface area (Å²) in [6.45, 7) is 8.43. The molecule has 3 heteroatoms. The predicted octanol–water partition coefficient (Wildman–Crippen LogP) is 3.51.